The van der Waals surface area contributed by atoms with Gasteiger partial charge in [0.25, 0.3) is 5.91 Å². The monoisotopic (exact) mass is 390 g/mol. The van der Waals surface area contributed by atoms with Crippen molar-refractivity contribution in [1.29, 1.82) is 0 Å². The molecule has 0 aliphatic heterocycles. The van der Waals surface area contributed by atoms with Gasteiger partial charge in [0.1, 0.15) is 5.75 Å². The van der Waals surface area contributed by atoms with Gasteiger partial charge >= 0.3 is 0 Å². The Morgan fingerprint density at radius 3 is 2.75 bits per heavy atom. The van der Waals surface area contributed by atoms with Gasteiger partial charge < -0.3 is 14.8 Å². The smallest absolute Gasteiger partial charge is 0.251 e. The topological polar surface area (TPSA) is 60.5 Å². The number of nitrogens with zero attached hydrogens (tertiary/aromatic N) is 1. The minimum atomic E-state index is -0.119. The molecule has 6 heteroatoms. The highest BCUT2D eigenvalue weighted by Gasteiger charge is 2.09. The molecule has 28 heavy (non-hydrogen) atoms. The van der Waals surface area contributed by atoms with E-state index in [2.05, 4.69) is 10.3 Å². The maximum Gasteiger partial charge on any atom is 0.251 e. The number of methoxy groups -OCH3 is 1. The van der Waals surface area contributed by atoms with Crippen molar-refractivity contribution in [3.63, 3.8) is 0 Å². The summed E-state index contributed by atoms with van der Waals surface area (Å²) >= 11 is 1.52. The average Bonchev–Trinajstić information content (AvgIpc) is 3.20. The fourth-order valence-electron chi connectivity index (χ4n) is 2.83. The Hall–Kier alpha value is -3.38. The summed E-state index contributed by atoms with van der Waals surface area (Å²) in [5, 5.41) is 2.95. The van der Waals surface area contributed by atoms with E-state index in [0.717, 1.165) is 15.8 Å². The van der Waals surface area contributed by atoms with Crippen molar-refractivity contribution in [1.82, 2.24) is 10.3 Å². The molecule has 5 nitrogen and oxygen atoms in total. The number of nitrogens with one attached hydrogen (secondary N) is 1. The van der Waals surface area contributed by atoms with Gasteiger partial charge in [-0.1, -0.05) is 24.3 Å². The summed E-state index contributed by atoms with van der Waals surface area (Å²) in [7, 11) is 1.61. The second-order valence-electron chi connectivity index (χ2n) is 6.12. The summed E-state index contributed by atoms with van der Waals surface area (Å²) in [6.45, 7) is 0.405. The number of benzene rings is 3. The third-order valence-corrected chi connectivity index (χ3v) is 5.03. The molecule has 4 aromatic rings. The first-order chi connectivity index (χ1) is 13.7. The lowest BCUT2D eigenvalue weighted by atomic mass is 10.2. The van der Waals surface area contributed by atoms with E-state index in [4.69, 9.17) is 9.47 Å². The summed E-state index contributed by atoms with van der Waals surface area (Å²) in [5.74, 6) is 1.87. The van der Waals surface area contributed by atoms with Crippen LogP contribution in [0.2, 0.25) is 0 Å². The number of hydrogen-bond donors (Lipinski definition) is 1. The minimum Gasteiger partial charge on any atom is -0.493 e. The molecule has 0 unspecified atom stereocenters. The Bertz CT molecular complexity index is 1120. The van der Waals surface area contributed by atoms with E-state index < -0.39 is 0 Å². The molecule has 0 saturated carbocycles. The zero-order chi connectivity index (χ0) is 19.3. The normalized spacial score (nSPS) is 10.6. The van der Waals surface area contributed by atoms with E-state index in [1.165, 1.54) is 11.3 Å². The van der Waals surface area contributed by atoms with Crippen molar-refractivity contribution >= 4 is 27.5 Å². The zero-order valence-electron chi connectivity index (χ0n) is 15.2. The van der Waals surface area contributed by atoms with Gasteiger partial charge in [-0.25, -0.2) is 4.98 Å². The molecule has 4 rings (SSSR count). The van der Waals surface area contributed by atoms with E-state index in [9.17, 15) is 4.79 Å². The van der Waals surface area contributed by atoms with Crippen LogP contribution in [0.4, 0.5) is 0 Å². The number of carbonyl (C=O) groups excluding carboxylic acids is 1. The molecule has 1 amide bonds. The fourth-order valence-corrected chi connectivity index (χ4v) is 3.55. The Balaban J connectivity index is 1.43. The predicted molar refractivity (Wildman–Crippen MR) is 110 cm³/mol. The molecule has 0 atom stereocenters. The lowest BCUT2D eigenvalue weighted by Gasteiger charge is -2.11. The summed E-state index contributed by atoms with van der Waals surface area (Å²) in [5.41, 5.74) is 4.25. The van der Waals surface area contributed by atoms with Crippen LogP contribution in [0.1, 0.15) is 15.9 Å². The van der Waals surface area contributed by atoms with Crippen molar-refractivity contribution in [2.24, 2.45) is 0 Å². The van der Waals surface area contributed by atoms with E-state index in [-0.39, 0.29) is 5.91 Å². The van der Waals surface area contributed by atoms with Gasteiger partial charge in [0, 0.05) is 12.1 Å². The number of hydrogen-bond acceptors (Lipinski definition) is 5. The number of fused-ring (bicyclic) bond motifs is 1. The van der Waals surface area contributed by atoms with Gasteiger partial charge in [-0.3, -0.25) is 4.79 Å². The molecule has 0 spiro atoms. The maximum absolute atomic E-state index is 12.5. The number of rotatable bonds is 6. The number of thiazole rings is 1. The SMILES string of the molecule is COc1ccccc1Oc1cccc(CNC(=O)c2ccc3ncsc3c2)c1. The Kier molecular flexibility index (Phi) is 5.21. The molecule has 3 aromatic carbocycles. The van der Waals surface area contributed by atoms with Gasteiger partial charge in [-0.05, 0) is 48.0 Å². The van der Waals surface area contributed by atoms with Crippen molar-refractivity contribution < 1.29 is 14.3 Å². The van der Waals surface area contributed by atoms with Crippen molar-refractivity contribution in [2.75, 3.05) is 7.11 Å². The largest absolute Gasteiger partial charge is 0.493 e. The quantitative estimate of drug-likeness (QED) is 0.502. The van der Waals surface area contributed by atoms with Crippen LogP contribution in [-0.4, -0.2) is 18.0 Å². The van der Waals surface area contributed by atoms with Gasteiger partial charge in [-0.15, -0.1) is 11.3 Å². The molecule has 1 N–H and O–H groups in total. The molecule has 0 aliphatic rings. The summed E-state index contributed by atoms with van der Waals surface area (Å²) in [6.07, 6.45) is 0. The van der Waals surface area contributed by atoms with Crippen molar-refractivity contribution in [3.05, 3.63) is 83.4 Å². The van der Waals surface area contributed by atoms with Crippen molar-refractivity contribution in [2.45, 2.75) is 6.54 Å². The molecule has 1 heterocycles. The first-order valence-electron chi connectivity index (χ1n) is 8.74. The second-order valence-corrected chi connectivity index (χ2v) is 7.00. The standard InChI is InChI=1S/C22H18N2O3S/c1-26-19-7-2-3-8-20(19)27-17-6-4-5-15(11-17)13-23-22(25)16-9-10-18-21(12-16)28-14-24-18/h2-12,14H,13H2,1H3,(H,23,25). The maximum atomic E-state index is 12.5. The van der Waals surface area contributed by atoms with Gasteiger partial charge in [0.05, 0.1) is 22.8 Å². The highest BCUT2D eigenvalue weighted by Crippen LogP contribution is 2.31. The first kappa shape index (κ1) is 18.0. The number of carbonyl (C=O) groups is 1. The zero-order valence-corrected chi connectivity index (χ0v) is 16.0. The molecule has 0 aliphatic carbocycles. The third-order valence-electron chi connectivity index (χ3n) is 4.24. The first-order valence-corrected chi connectivity index (χ1v) is 9.62. The van der Waals surface area contributed by atoms with Gasteiger partial charge in [-0.2, -0.15) is 0 Å². The summed E-state index contributed by atoms with van der Waals surface area (Å²) in [4.78, 5) is 16.7. The lowest BCUT2D eigenvalue weighted by Crippen LogP contribution is -2.22. The Morgan fingerprint density at radius 2 is 1.89 bits per heavy atom. The predicted octanol–water partition coefficient (Wildman–Crippen LogP) is 5.03. The van der Waals surface area contributed by atoms with Gasteiger partial charge in [0.2, 0.25) is 0 Å². The molecule has 1 aromatic heterocycles. The average molecular weight is 390 g/mol. The van der Waals surface area contributed by atoms with E-state index in [1.54, 1.807) is 18.7 Å². The third kappa shape index (κ3) is 3.97. The van der Waals surface area contributed by atoms with Crippen LogP contribution >= 0.6 is 11.3 Å². The van der Waals surface area contributed by atoms with Crippen molar-refractivity contribution in [3.8, 4) is 17.2 Å². The number of aromatic nitrogens is 1. The molecule has 140 valence electrons. The van der Waals surface area contributed by atoms with Crippen LogP contribution < -0.4 is 14.8 Å². The fraction of sp³-hybridized carbons (Fsp3) is 0.0909. The lowest BCUT2D eigenvalue weighted by molar-refractivity contribution is 0.0951. The van der Waals surface area contributed by atoms with Crippen LogP contribution in [-0.2, 0) is 6.54 Å². The molecule has 0 fully saturated rings. The van der Waals surface area contributed by atoms with E-state index in [1.807, 2.05) is 60.7 Å². The van der Waals surface area contributed by atoms with E-state index >= 15 is 0 Å². The molecular formula is C22H18N2O3S. The number of ether oxygens (including phenoxy) is 2. The summed E-state index contributed by atoms with van der Waals surface area (Å²) < 4.78 is 12.2. The second kappa shape index (κ2) is 8.10. The van der Waals surface area contributed by atoms with Gasteiger partial charge in [0.15, 0.2) is 11.5 Å². The molecular weight excluding hydrogens is 372 g/mol. The van der Waals surface area contributed by atoms with Crippen LogP contribution in [0.5, 0.6) is 17.2 Å². The Labute approximate surface area is 166 Å². The van der Waals surface area contributed by atoms with Crippen LogP contribution in [0.25, 0.3) is 10.2 Å². The Morgan fingerprint density at radius 1 is 1.04 bits per heavy atom. The van der Waals surface area contributed by atoms with Crippen LogP contribution in [0, 0.1) is 0 Å². The molecule has 0 saturated heterocycles. The number of amides is 1. The highest BCUT2D eigenvalue weighted by molar-refractivity contribution is 7.16. The highest BCUT2D eigenvalue weighted by atomic mass is 32.1. The number of para-hydroxylation sites is 2. The molecule has 0 radical (unpaired) electrons. The molecule has 0 bridgehead atoms. The van der Waals surface area contributed by atoms with E-state index in [0.29, 0.717) is 29.4 Å². The minimum absolute atomic E-state index is 0.119. The van der Waals surface area contributed by atoms with Crippen LogP contribution in [0.15, 0.2) is 72.2 Å². The van der Waals surface area contributed by atoms with Crippen LogP contribution in [0.3, 0.4) is 0 Å². The summed E-state index contributed by atoms with van der Waals surface area (Å²) in [6, 6.07) is 20.6.